The van der Waals surface area contributed by atoms with Crippen LogP contribution in [0.2, 0.25) is 0 Å². The van der Waals surface area contributed by atoms with Gasteiger partial charge in [0, 0.05) is 12.1 Å². The van der Waals surface area contributed by atoms with Gasteiger partial charge in [0.25, 0.3) is 0 Å². The van der Waals surface area contributed by atoms with Crippen molar-refractivity contribution in [1.82, 2.24) is 0 Å². The first-order valence-corrected chi connectivity index (χ1v) is 7.00. The van der Waals surface area contributed by atoms with Crippen LogP contribution in [-0.4, -0.2) is 5.91 Å². The van der Waals surface area contributed by atoms with Crippen LogP contribution in [0.25, 0.3) is 6.08 Å². The van der Waals surface area contributed by atoms with Crippen LogP contribution >= 0.6 is 0 Å². The zero-order valence-corrected chi connectivity index (χ0v) is 12.4. The van der Waals surface area contributed by atoms with E-state index in [0.29, 0.717) is 5.92 Å². The van der Waals surface area contributed by atoms with Crippen molar-refractivity contribution in [3.05, 3.63) is 71.3 Å². The molecular weight excluding hydrogens is 284 g/mol. The molecule has 0 heterocycles. The number of carbonyl (C=O) groups is 1. The molecule has 0 bridgehead atoms. The van der Waals surface area contributed by atoms with Gasteiger partial charge in [0.05, 0.1) is 5.69 Å². The molecule has 0 aliphatic heterocycles. The molecule has 0 radical (unpaired) electrons. The van der Waals surface area contributed by atoms with Gasteiger partial charge in [-0.2, -0.15) is 0 Å². The van der Waals surface area contributed by atoms with Gasteiger partial charge in [0.15, 0.2) is 0 Å². The predicted molar refractivity (Wildman–Crippen MR) is 84.6 cm³/mol. The lowest BCUT2D eigenvalue weighted by molar-refractivity contribution is -0.111. The van der Waals surface area contributed by atoms with Crippen molar-refractivity contribution < 1.29 is 13.6 Å². The summed E-state index contributed by atoms with van der Waals surface area (Å²) in [7, 11) is 0. The summed E-state index contributed by atoms with van der Waals surface area (Å²) in [5, 5.41) is 2.37. The Kier molecular flexibility index (Phi) is 5.04. The molecule has 2 aromatic carbocycles. The van der Waals surface area contributed by atoms with E-state index >= 15 is 0 Å². The molecule has 2 aromatic rings. The molecule has 1 N–H and O–H groups in total. The third-order valence-corrected chi connectivity index (χ3v) is 3.22. The Balaban J connectivity index is 2.01. The number of hydrogen-bond donors (Lipinski definition) is 1. The van der Waals surface area contributed by atoms with E-state index in [-0.39, 0.29) is 5.69 Å². The zero-order valence-electron chi connectivity index (χ0n) is 12.4. The van der Waals surface area contributed by atoms with Gasteiger partial charge < -0.3 is 5.32 Å². The summed E-state index contributed by atoms with van der Waals surface area (Å²) >= 11 is 0. The second-order valence-corrected chi connectivity index (χ2v) is 5.27. The standard InChI is InChI=1S/C18H17F2NO/c1-12(2)14-6-3-13(4-7-14)5-10-18(22)21-17-9-8-15(19)11-16(17)20/h3-12H,1-2H3,(H,21,22)/b10-5-. The number of halogens is 2. The summed E-state index contributed by atoms with van der Waals surface area (Å²) in [5.41, 5.74) is 2.04. The monoisotopic (exact) mass is 301 g/mol. The normalized spacial score (nSPS) is 11.1. The SMILES string of the molecule is CC(C)c1ccc(/C=C\C(=O)Nc2ccc(F)cc2F)cc1. The fourth-order valence-corrected chi connectivity index (χ4v) is 1.93. The van der Waals surface area contributed by atoms with Gasteiger partial charge >= 0.3 is 0 Å². The van der Waals surface area contributed by atoms with Crippen molar-refractivity contribution in [1.29, 1.82) is 0 Å². The molecule has 114 valence electrons. The minimum Gasteiger partial charge on any atom is -0.320 e. The molecule has 0 saturated carbocycles. The van der Waals surface area contributed by atoms with Crippen LogP contribution in [0, 0.1) is 11.6 Å². The Morgan fingerprint density at radius 1 is 1.09 bits per heavy atom. The minimum absolute atomic E-state index is 0.0498. The Hall–Kier alpha value is -2.49. The molecule has 0 aliphatic carbocycles. The van der Waals surface area contributed by atoms with E-state index in [4.69, 9.17) is 0 Å². The smallest absolute Gasteiger partial charge is 0.248 e. The summed E-state index contributed by atoms with van der Waals surface area (Å²) in [5.74, 6) is -1.51. The van der Waals surface area contributed by atoms with Gasteiger partial charge in [-0.3, -0.25) is 4.79 Å². The van der Waals surface area contributed by atoms with Gasteiger partial charge in [0.2, 0.25) is 5.91 Å². The molecule has 0 saturated heterocycles. The van der Waals surface area contributed by atoms with Crippen LogP contribution in [0.5, 0.6) is 0 Å². The second kappa shape index (κ2) is 6.98. The molecule has 0 spiro atoms. The van der Waals surface area contributed by atoms with Crippen LogP contribution in [-0.2, 0) is 4.79 Å². The quantitative estimate of drug-likeness (QED) is 0.812. The first-order chi connectivity index (χ1) is 10.5. The summed E-state index contributed by atoms with van der Waals surface area (Å²) in [6.07, 6.45) is 2.95. The molecule has 0 atom stereocenters. The lowest BCUT2D eigenvalue weighted by Crippen LogP contribution is -2.09. The maximum atomic E-state index is 13.4. The first kappa shape index (κ1) is 15.9. The molecule has 0 aliphatic rings. The molecule has 22 heavy (non-hydrogen) atoms. The van der Waals surface area contributed by atoms with Crippen molar-refractivity contribution in [2.24, 2.45) is 0 Å². The number of nitrogens with one attached hydrogen (secondary N) is 1. The molecule has 4 heteroatoms. The lowest BCUT2D eigenvalue weighted by Gasteiger charge is -2.05. The third-order valence-electron chi connectivity index (χ3n) is 3.22. The fraction of sp³-hybridized carbons (Fsp3) is 0.167. The number of rotatable bonds is 4. The topological polar surface area (TPSA) is 29.1 Å². The van der Waals surface area contributed by atoms with Crippen molar-refractivity contribution >= 4 is 17.7 Å². The van der Waals surface area contributed by atoms with E-state index < -0.39 is 17.5 Å². The molecule has 1 amide bonds. The number of benzene rings is 2. The average Bonchev–Trinajstić information content (AvgIpc) is 2.48. The number of amides is 1. The van der Waals surface area contributed by atoms with Crippen molar-refractivity contribution in [3.8, 4) is 0 Å². The van der Waals surface area contributed by atoms with Crippen molar-refractivity contribution in [2.75, 3.05) is 5.32 Å². The highest BCUT2D eigenvalue weighted by Crippen LogP contribution is 2.16. The van der Waals surface area contributed by atoms with Gasteiger partial charge in [-0.05, 0) is 35.3 Å². The second-order valence-electron chi connectivity index (χ2n) is 5.27. The van der Waals surface area contributed by atoms with E-state index in [1.165, 1.54) is 17.7 Å². The molecular formula is C18H17F2NO. The fourth-order valence-electron chi connectivity index (χ4n) is 1.93. The largest absolute Gasteiger partial charge is 0.320 e. The van der Waals surface area contributed by atoms with Crippen molar-refractivity contribution in [3.63, 3.8) is 0 Å². The van der Waals surface area contributed by atoms with Gasteiger partial charge in [-0.1, -0.05) is 38.1 Å². The Morgan fingerprint density at radius 3 is 2.36 bits per heavy atom. The number of carbonyl (C=O) groups excluding carboxylic acids is 1. The highest BCUT2D eigenvalue weighted by molar-refractivity contribution is 6.01. The zero-order chi connectivity index (χ0) is 16.1. The summed E-state index contributed by atoms with van der Waals surface area (Å²) < 4.78 is 26.2. The molecule has 2 rings (SSSR count). The van der Waals surface area contributed by atoms with E-state index in [1.54, 1.807) is 6.08 Å². The highest BCUT2D eigenvalue weighted by atomic mass is 19.1. The number of hydrogen-bond acceptors (Lipinski definition) is 1. The van der Waals surface area contributed by atoms with Gasteiger partial charge in [0.1, 0.15) is 11.6 Å². The Labute approximate surface area is 128 Å². The van der Waals surface area contributed by atoms with Crippen LogP contribution in [0.3, 0.4) is 0 Å². The van der Waals surface area contributed by atoms with Crippen LogP contribution in [0.15, 0.2) is 48.5 Å². The molecule has 0 aromatic heterocycles. The van der Waals surface area contributed by atoms with Gasteiger partial charge in [-0.25, -0.2) is 8.78 Å². The molecule has 0 fully saturated rings. The average molecular weight is 301 g/mol. The van der Waals surface area contributed by atoms with Crippen molar-refractivity contribution in [2.45, 2.75) is 19.8 Å². The van der Waals surface area contributed by atoms with E-state index in [1.807, 2.05) is 24.3 Å². The number of anilines is 1. The molecule has 0 unspecified atom stereocenters. The van der Waals surface area contributed by atoms with E-state index in [2.05, 4.69) is 19.2 Å². The van der Waals surface area contributed by atoms with E-state index in [9.17, 15) is 13.6 Å². The minimum atomic E-state index is -0.803. The highest BCUT2D eigenvalue weighted by Gasteiger charge is 2.05. The van der Waals surface area contributed by atoms with Crippen LogP contribution < -0.4 is 5.32 Å². The maximum absolute atomic E-state index is 13.4. The summed E-state index contributed by atoms with van der Waals surface area (Å²) in [6, 6.07) is 10.8. The Bertz CT molecular complexity index is 691. The maximum Gasteiger partial charge on any atom is 0.248 e. The summed E-state index contributed by atoms with van der Waals surface area (Å²) in [4.78, 5) is 11.7. The predicted octanol–water partition coefficient (Wildman–Crippen LogP) is 4.74. The molecule has 2 nitrogen and oxygen atoms in total. The van der Waals surface area contributed by atoms with Crippen LogP contribution in [0.4, 0.5) is 14.5 Å². The lowest BCUT2D eigenvalue weighted by atomic mass is 10.0. The Morgan fingerprint density at radius 2 is 1.77 bits per heavy atom. The van der Waals surface area contributed by atoms with Crippen LogP contribution in [0.1, 0.15) is 30.9 Å². The van der Waals surface area contributed by atoms with E-state index in [0.717, 1.165) is 17.7 Å². The first-order valence-electron chi connectivity index (χ1n) is 7.00. The van der Waals surface area contributed by atoms with Gasteiger partial charge in [-0.15, -0.1) is 0 Å². The summed E-state index contributed by atoms with van der Waals surface area (Å²) in [6.45, 7) is 4.21. The third kappa shape index (κ3) is 4.25.